The number of methoxy groups -OCH3 is 1. The van der Waals surface area contributed by atoms with Gasteiger partial charge in [-0.05, 0) is 32.2 Å². The Morgan fingerprint density at radius 3 is 2.85 bits per heavy atom. The van der Waals surface area contributed by atoms with E-state index in [1.54, 1.807) is 7.11 Å². The van der Waals surface area contributed by atoms with E-state index in [9.17, 15) is 0 Å². The van der Waals surface area contributed by atoms with E-state index < -0.39 is 0 Å². The predicted molar refractivity (Wildman–Crippen MR) is 72.5 cm³/mol. The molecule has 1 saturated heterocycles. The molecule has 0 spiro atoms. The average molecular weight is 281 g/mol. The molecule has 6 heteroatoms. The second-order valence-corrected chi connectivity index (χ2v) is 5.67. The zero-order valence-electron chi connectivity index (χ0n) is 12.2. The lowest BCUT2D eigenvalue weighted by Crippen LogP contribution is -2.34. The van der Waals surface area contributed by atoms with Gasteiger partial charge in [-0.25, -0.2) is 0 Å². The molecule has 1 aliphatic heterocycles. The molecule has 1 saturated carbocycles. The summed E-state index contributed by atoms with van der Waals surface area (Å²) < 4.78 is 16.7. The highest BCUT2D eigenvalue weighted by Crippen LogP contribution is 2.40. The summed E-state index contributed by atoms with van der Waals surface area (Å²) in [7, 11) is 1.74. The Balaban J connectivity index is 1.79. The number of hydrogen-bond donors (Lipinski definition) is 1. The van der Waals surface area contributed by atoms with E-state index in [2.05, 4.69) is 22.4 Å². The lowest BCUT2D eigenvalue weighted by molar-refractivity contribution is -0.0178. The Kier molecular flexibility index (Phi) is 4.05. The molecular weight excluding hydrogens is 258 g/mol. The summed E-state index contributed by atoms with van der Waals surface area (Å²) in [4.78, 5) is 4.63. The van der Waals surface area contributed by atoms with Crippen molar-refractivity contribution in [3.05, 3.63) is 11.7 Å². The molecule has 0 bridgehead atoms. The summed E-state index contributed by atoms with van der Waals surface area (Å²) in [5, 5.41) is 7.60. The van der Waals surface area contributed by atoms with E-state index >= 15 is 0 Å². The highest BCUT2D eigenvalue weighted by atomic mass is 16.5. The van der Waals surface area contributed by atoms with Crippen LogP contribution in [0.1, 0.15) is 50.2 Å². The molecule has 1 aromatic heterocycles. The molecule has 1 N–H and O–H groups in total. The number of hydrogen-bond acceptors (Lipinski definition) is 6. The Bertz CT molecular complexity index is 443. The van der Waals surface area contributed by atoms with Crippen LogP contribution in [-0.2, 0) is 15.1 Å². The molecule has 3 rings (SSSR count). The van der Waals surface area contributed by atoms with Gasteiger partial charge in [-0.15, -0.1) is 0 Å². The van der Waals surface area contributed by atoms with Gasteiger partial charge in [-0.1, -0.05) is 12.1 Å². The Morgan fingerprint density at radius 2 is 2.15 bits per heavy atom. The molecule has 2 fully saturated rings. The lowest BCUT2D eigenvalue weighted by Gasteiger charge is -2.22. The van der Waals surface area contributed by atoms with E-state index in [1.165, 1.54) is 0 Å². The SMILES string of the molecule is CCNC1COCC1c1nc(C2(OC)CCCC2)no1. The zero-order valence-corrected chi connectivity index (χ0v) is 12.2. The molecular formula is C14H23N3O3. The predicted octanol–water partition coefficient (Wildman–Crippen LogP) is 1.58. The summed E-state index contributed by atoms with van der Waals surface area (Å²) in [5.74, 6) is 1.52. The van der Waals surface area contributed by atoms with Crippen LogP contribution in [-0.4, -0.2) is 43.1 Å². The first-order chi connectivity index (χ1) is 9.79. The first-order valence-electron chi connectivity index (χ1n) is 7.49. The molecule has 2 unspecified atom stereocenters. The highest BCUT2D eigenvalue weighted by Gasteiger charge is 2.42. The minimum atomic E-state index is -0.338. The molecule has 0 amide bonds. The normalized spacial score (nSPS) is 29.1. The zero-order chi connectivity index (χ0) is 14.0. The number of rotatable bonds is 5. The van der Waals surface area contributed by atoms with Crippen molar-refractivity contribution in [3.63, 3.8) is 0 Å². The van der Waals surface area contributed by atoms with E-state index in [-0.39, 0.29) is 17.6 Å². The van der Waals surface area contributed by atoms with Crippen molar-refractivity contribution in [1.82, 2.24) is 15.5 Å². The summed E-state index contributed by atoms with van der Waals surface area (Å²) in [6, 6.07) is 0.260. The molecule has 0 aromatic carbocycles. The second-order valence-electron chi connectivity index (χ2n) is 5.67. The topological polar surface area (TPSA) is 69.4 Å². The standard InChI is InChI=1S/C14H23N3O3/c1-3-15-11-9-19-8-10(11)12-16-13(17-20-12)14(18-2)6-4-5-7-14/h10-11,15H,3-9H2,1-2H3. The fourth-order valence-electron chi connectivity index (χ4n) is 3.30. The van der Waals surface area contributed by atoms with E-state index in [0.717, 1.165) is 32.2 Å². The van der Waals surface area contributed by atoms with Gasteiger partial charge in [0.05, 0.1) is 19.1 Å². The van der Waals surface area contributed by atoms with Crippen molar-refractivity contribution in [2.75, 3.05) is 26.9 Å². The largest absolute Gasteiger partial charge is 0.379 e. The number of likely N-dealkylation sites (N-methyl/N-ethyl adjacent to an activating group) is 1. The van der Waals surface area contributed by atoms with Gasteiger partial charge >= 0.3 is 0 Å². The van der Waals surface area contributed by atoms with Crippen LogP contribution in [0.25, 0.3) is 0 Å². The minimum Gasteiger partial charge on any atom is -0.379 e. The number of nitrogens with zero attached hydrogens (tertiary/aromatic N) is 2. The van der Waals surface area contributed by atoms with Gasteiger partial charge in [0, 0.05) is 13.2 Å². The number of ether oxygens (including phenoxy) is 2. The van der Waals surface area contributed by atoms with Gasteiger partial charge in [0.25, 0.3) is 0 Å². The first-order valence-corrected chi connectivity index (χ1v) is 7.49. The van der Waals surface area contributed by atoms with Crippen molar-refractivity contribution in [3.8, 4) is 0 Å². The van der Waals surface area contributed by atoms with Crippen LogP contribution in [0.4, 0.5) is 0 Å². The van der Waals surface area contributed by atoms with Gasteiger partial charge in [0.1, 0.15) is 5.60 Å². The van der Waals surface area contributed by atoms with Gasteiger partial charge in [-0.2, -0.15) is 4.98 Å². The third-order valence-corrected chi connectivity index (χ3v) is 4.52. The van der Waals surface area contributed by atoms with E-state index in [1.807, 2.05) is 0 Å². The summed E-state index contributed by atoms with van der Waals surface area (Å²) in [6.07, 6.45) is 4.26. The molecule has 2 heterocycles. The van der Waals surface area contributed by atoms with E-state index in [0.29, 0.717) is 24.9 Å². The van der Waals surface area contributed by atoms with Crippen LogP contribution in [0.15, 0.2) is 4.52 Å². The fraction of sp³-hybridized carbons (Fsp3) is 0.857. The van der Waals surface area contributed by atoms with Crippen molar-refractivity contribution in [2.24, 2.45) is 0 Å². The quantitative estimate of drug-likeness (QED) is 0.883. The van der Waals surface area contributed by atoms with Crippen LogP contribution in [0.3, 0.4) is 0 Å². The number of aromatic nitrogens is 2. The van der Waals surface area contributed by atoms with Gasteiger partial charge in [0.2, 0.25) is 11.7 Å². The molecule has 1 aromatic rings. The van der Waals surface area contributed by atoms with Gasteiger partial charge in [-0.3, -0.25) is 0 Å². The van der Waals surface area contributed by atoms with Gasteiger partial charge < -0.3 is 19.3 Å². The molecule has 20 heavy (non-hydrogen) atoms. The van der Waals surface area contributed by atoms with Crippen molar-refractivity contribution in [1.29, 1.82) is 0 Å². The minimum absolute atomic E-state index is 0.145. The van der Waals surface area contributed by atoms with E-state index in [4.69, 9.17) is 14.0 Å². The smallest absolute Gasteiger partial charge is 0.233 e. The highest BCUT2D eigenvalue weighted by molar-refractivity contribution is 5.08. The molecule has 112 valence electrons. The maximum absolute atomic E-state index is 5.70. The maximum atomic E-state index is 5.70. The van der Waals surface area contributed by atoms with Crippen LogP contribution in [0.5, 0.6) is 0 Å². The average Bonchev–Trinajstić information content (AvgIpc) is 3.19. The maximum Gasteiger partial charge on any atom is 0.233 e. The fourth-order valence-corrected chi connectivity index (χ4v) is 3.30. The second kappa shape index (κ2) is 5.79. The molecule has 0 radical (unpaired) electrons. The molecule has 2 atom stereocenters. The van der Waals surface area contributed by atoms with Crippen LogP contribution in [0.2, 0.25) is 0 Å². The van der Waals surface area contributed by atoms with Crippen molar-refractivity contribution in [2.45, 2.75) is 50.2 Å². The Labute approximate surface area is 119 Å². The Morgan fingerprint density at radius 1 is 1.35 bits per heavy atom. The number of nitrogens with one attached hydrogen (secondary N) is 1. The molecule has 6 nitrogen and oxygen atoms in total. The lowest BCUT2D eigenvalue weighted by atomic mass is 10.0. The third-order valence-electron chi connectivity index (χ3n) is 4.52. The molecule has 2 aliphatic rings. The Hall–Kier alpha value is -0.980. The van der Waals surface area contributed by atoms with Crippen LogP contribution < -0.4 is 5.32 Å². The monoisotopic (exact) mass is 281 g/mol. The third kappa shape index (κ3) is 2.36. The summed E-state index contributed by atoms with van der Waals surface area (Å²) in [6.45, 7) is 4.34. The summed E-state index contributed by atoms with van der Waals surface area (Å²) in [5.41, 5.74) is -0.338. The summed E-state index contributed by atoms with van der Waals surface area (Å²) >= 11 is 0. The molecule has 1 aliphatic carbocycles. The van der Waals surface area contributed by atoms with Crippen molar-refractivity contribution < 1.29 is 14.0 Å². The van der Waals surface area contributed by atoms with Gasteiger partial charge in [0.15, 0.2) is 0 Å². The van der Waals surface area contributed by atoms with Crippen molar-refractivity contribution >= 4 is 0 Å². The first kappa shape index (κ1) is 14.0. The van der Waals surface area contributed by atoms with Crippen LogP contribution in [0, 0.1) is 0 Å². The van der Waals surface area contributed by atoms with Crippen LogP contribution >= 0.6 is 0 Å².